The van der Waals surface area contributed by atoms with Crippen LogP contribution in [0.4, 0.5) is 19.1 Å². The van der Waals surface area contributed by atoms with E-state index in [0.717, 1.165) is 35.7 Å². The van der Waals surface area contributed by atoms with Crippen molar-refractivity contribution in [2.24, 2.45) is 5.92 Å². The molecule has 0 saturated carbocycles. The van der Waals surface area contributed by atoms with Crippen LogP contribution in [-0.4, -0.2) is 30.2 Å². The molecule has 3 rings (SSSR count). The first-order valence-corrected chi connectivity index (χ1v) is 7.39. The van der Waals surface area contributed by atoms with Crippen LogP contribution >= 0.6 is 0 Å². The van der Waals surface area contributed by atoms with Crippen molar-refractivity contribution < 1.29 is 22.6 Å². The molecule has 24 heavy (non-hydrogen) atoms. The molecule has 0 unspecified atom stereocenters. The van der Waals surface area contributed by atoms with Gasteiger partial charge in [-0.15, -0.1) is 0 Å². The van der Waals surface area contributed by atoms with E-state index < -0.39 is 11.9 Å². The molecule has 2 heterocycles. The maximum Gasteiger partial charge on any atom is 0.433 e. The van der Waals surface area contributed by atoms with E-state index in [4.69, 9.17) is 9.47 Å². The number of anilines is 1. The number of ether oxygens (including phenoxy) is 2. The number of nitrogens with zero attached hydrogens (tertiary/aromatic N) is 2. The van der Waals surface area contributed by atoms with Gasteiger partial charge in [0, 0.05) is 24.7 Å². The van der Waals surface area contributed by atoms with Gasteiger partial charge in [-0.3, -0.25) is 0 Å². The zero-order valence-electron chi connectivity index (χ0n) is 12.9. The molecule has 1 aliphatic heterocycles. The third-order valence-electron chi connectivity index (χ3n) is 3.75. The average molecular weight is 339 g/mol. The molecule has 1 aliphatic rings. The summed E-state index contributed by atoms with van der Waals surface area (Å²) >= 11 is 0. The maximum absolute atomic E-state index is 12.6. The SMILES string of the molecule is COc1ccc2c(c1)OC[C@H](CNc1nccc(C(F)(F)F)n1)C2. The van der Waals surface area contributed by atoms with Gasteiger partial charge in [-0.2, -0.15) is 13.2 Å². The maximum atomic E-state index is 12.6. The molecular weight excluding hydrogens is 323 g/mol. The highest BCUT2D eigenvalue weighted by molar-refractivity contribution is 5.42. The molecule has 2 aromatic rings. The van der Waals surface area contributed by atoms with E-state index in [2.05, 4.69) is 15.3 Å². The van der Waals surface area contributed by atoms with Crippen molar-refractivity contribution in [2.75, 3.05) is 25.6 Å². The number of fused-ring (bicyclic) bond motifs is 1. The van der Waals surface area contributed by atoms with Crippen LogP contribution in [0.25, 0.3) is 0 Å². The Morgan fingerprint density at radius 1 is 1.33 bits per heavy atom. The second-order valence-corrected chi connectivity index (χ2v) is 5.50. The number of alkyl halides is 3. The number of nitrogens with one attached hydrogen (secondary N) is 1. The minimum atomic E-state index is -4.48. The van der Waals surface area contributed by atoms with E-state index >= 15 is 0 Å². The molecule has 128 valence electrons. The Bertz CT molecular complexity index is 722. The molecule has 1 N–H and O–H groups in total. The zero-order valence-corrected chi connectivity index (χ0v) is 12.9. The van der Waals surface area contributed by atoms with E-state index in [0.29, 0.717) is 13.2 Å². The van der Waals surface area contributed by atoms with Crippen LogP contribution in [0.15, 0.2) is 30.5 Å². The minimum Gasteiger partial charge on any atom is -0.497 e. The minimum absolute atomic E-state index is 0.0367. The van der Waals surface area contributed by atoms with Crippen LogP contribution in [-0.2, 0) is 12.6 Å². The highest BCUT2D eigenvalue weighted by Crippen LogP contribution is 2.31. The fraction of sp³-hybridized carbons (Fsp3) is 0.375. The fourth-order valence-electron chi connectivity index (χ4n) is 2.51. The fourth-order valence-corrected chi connectivity index (χ4v) is 2.51. The molecule has 0 spiro atoms. The number of hydrogen-bond donors (Lipinski definition) is 1. The van der Waals surface area contributed by atoms with Crippen molar-refractivity contribution in [3.05, 3.63) is 41.7 Å². The third-order valence-corrected chi connectivity index (χ3v) is 3.75. The lowest BCUT2D eigenvalue weighted by atomic mass is 9.96. The van der Waals surface area contributed by atoms with Crippen molar-refractivity contribution in [3.63, 3.8) is 0 Å². The van der Waals surface area contributed by atoms with E-state index in [1.165, 1.54) is 0 Å². The number of methoxy groups -OCH3 is 1. The standard InChI is InChI=1S/C16H16F3N3O2/c1-23-12-3-2-11-6-10(9-24-13(11)7-12)8-21-15-20-5-4-14(22-15)16(17,18)19/h2-5,7,10H,6,8-9H2,1H3,(H,20,21,22)/t10-/m0/s1. The molecule has 0 amide bonds. The van der Waals surface area contributed by atoms with E-state index in [-0.39, 0.29) is 11.9 Å². The molecule has 0 bridgehead atoms. The summed E-state index contributed by atoms with van der Waals surface area (Å²) in [6, 6.07) is 6.46. The Labute approximate surface area is 136 Å². The van der Waals surface area contributed by atoms with Gasteiger partial charge in [-0.1, -0.05) is 6.07 Å². The first kappa shape index (κ1) is 16.4. The van der Waals surface area contributed by atoms with E-state index in [9.17, 15) is 13.2 Å². The Hall–Kier alpha value is -2.51. The molecule has 1 atom stereocenters. The summed E-state index contributed by atoms with van der Waals surface area (Å²) in [6.07, 6.45) is -2.63. The van der Waals surface area contributed by atoms with Crippen LogP contribution in [0.1, 0.15) is 11.3 Å². The van der Waals surface area contributed by atoms with Crippen molar-refractivity contribution >= 4 is 5.95 Å². The predicted molar refractivity (Wildman–Crippen MR) is 81.2 cm³/mol. The lowest BCUT2D eigenvalue weighted by Gasteiger charge is -2.25. The molecule has 1 aromatic carbocycles. The molecule has 8 heteroatoms. The van der Waals surface area contributed by atoms with Gasteiger partial charge in [0.05, 0.1) is 13.7 Å². The van der Waals surface area contributed by atoms with Gasteiger partial charge in [0.2, 0.25) is 5.95 Å². The summed E-state index contributed by atoms with van der Waals surface area (Å²) in [5.74, 6) is 1.58. The quantitative estimate of drug-likeness (QED) is 0.927. The number of aromatic nitrogens is 2. The van der Waals surface area contributed by atoms with Gasteiger partial charge in [0.25, 0.3) is 0 Å². The van der Waals surface area contributed by atoms with Crippen LogP contribution in [0, 0.1) is 5.92 Å². The first-order chi connectivity index (χ1) is 11.5. The first-order valence-electron chi connectivity index (χ1n) is 7.39. The van der Waals surface area contributed by atoms with E-state index in [1.807, 2.05) is 18.2 Å². The summed E-state index contributed by atoms with van der Waals surface area (Å²) in [5, 5.41) is 2.85. The van der Waals surface area contributed by atoms with Gasteiger partial charge < -0.3 is 14.8 Å². The molecule has 0 fully saturated rings. The predicted octanol–water partition coefficient (Wildman–Crippen LogP) is 3.17. The van der Waals surface area contributed by atoms with Crippen LogP contribution in [0.5, 0.6) is 11.5 Å². The number of halogens is 3. The van der Waals surface area contributed by atoms with Gasteiger partial charge >= 0.3 is 6.18 Å². The average Bonchev–Trinajstić information content (AvgIpc) is 2.59. The zero-order chi connectivity index (χ0) is 17.2. The largest absolute Gasteiger partial charge is 0.497 e. The smallest absolute Gasteiger partial charge is 0.433 e. The molecule has 1 aromatic heterocycles. The van der Waals surface area contributed by atoms with Crippen molar-refractivity contribution in [1.82, 2.24) is 9.97 Å². The molecule has 0 saturated heterocycles. The van der Waals surface area contributed by atoms with Crippen LogP contribution in [0.3, 0.4) is 0 Å². The Kier molecular flexibility index (Phi) is 4.46. The van der Waals surface area contributed by atoms with Gasteiger partial charge in [-0.05, 0) is 24.1 Å². The highest BCUT2D eigenvalue weighted by atomic mass is 19.4. The van der Waals surface area contributed by atoms with Crippen molar-refractivity contribution in [1.29, 1.82) is 0 Å². The Balaban J connectivity index is 1.62. The Morgan fingerprint density at radius 2 is 2.17 bits per heavy atom. The molecule has 0 radical (unpaired) electrons. The van der Waals surface area contributed by atoms with Crippen LogP contribution in [0.2, 0.25) is 0 Å². The summed E-state index contributed by atoms with van der Waals surface area (Å²) < 4.78 is 48.8. The molecule has 0 aliphatic carbocycles. The third kappa shape index (κ3) is 3.69. The summed E-state index contributed by atoms with van der Waals surface area (Å²) in [7, 11) is 1.59. The highest BCUT2D eigenvalue weighted by Gasteiger charge is 2.32. The van der Waals surface area contributed by atoms with Crippen molar-refractivity contribution in [3.8, 4) is 11.5 Å². The topological polar surface area (TPSA) is 56.3 Å². The van der Waals surface area contributed by atoms with Gasteiger partial charge in [0.15, 0.2) is 0 Å². The second-order valence-electron chi connectivity index (χ2n) is 5.50. The lowest BCUT2D eigenvalue weighted by Crippen LogP contribution is -2.28. The number of hydrogen-bond acceptors (Lipinski definition) is 5. The van der Waals surface area contributed by atoms with Crippen LogP contribution < -0.4 is 14.8 Å². The van der Waals surface area contributed by atoms with E-state index in [1.54, 1.807) is 7.11 Å². The molecular formula is C16H16F3N3O2. The van der Waals surface area contributed by atoms with Gasteiger partial charge in [0.1, 0.15) is 17.2 Å². The number of rotatable bonds is 4. The van der Waals surface area contributed by atoms with Gasteiger partial charge in [-0.25, -0.2) is 9.97 Å². The normalized spacial score (nSPS) is 16.9. The molecule has 5 nitrogen and oxygen atoms in total. The summed E-state index contributed by atoms with van der Waals surface area (Å²) in [5.41, 5.74) is 0.0798. The van der Waals surface area contributed by atoms with Crippen molar-refractivity contribution in [2.45, 2.75) is 12.6 Å². The number of benzene rings is 1. The monoisotopic (exact) mass is 339 g/mol. The summed E-state index contributed by atoms with van der Waals surface area (Å²) in [6.45, 7) is 0.888. The lowest BCUT2D eigenvalue weighted by molar-refractivity contribution is -0.141. The second kappa shape index (κ2) is 6.54. The Morgan fingerprint density at radius 3 is 2.92 bits per heavy atom. The summed E-state index contributed by atoms with van der Waals surface area (Å²) in [4.78, 5) is 7.32.